The van der Waals surface area contributed by atoms with Gasteiger partial charge in [-0.3, -0.25) is 14.2 Å². The molecule has 0 saturated carbocycles. The van der Waals surface area contributed by atoms with E-state index in [4.69, 9.17) is 4.74 Å². The van der Waals surface area contributed by atoms with Crippen molar-refractivity contribution in [2.75, 3.05) is 19.4 Å². The molecule has 0 radical (unpaired) electrons. The molecule has 0 atom stereocenters. The molecule has 1 aromatic heterocycles. The predicted molar refractivity (Wildman–Crippen MR) is 142 cm³/mol. The van der Waals surface area contributed by atoms with Gasteiger partial charge in [-0.1, -0.05) is 66.4 Å². The molecular formula is C28H28N4O3S. The summed E-state index contributed by atoms with van der Waals surface area (Å²) in [6.45, 7) is 2.06. The fourth-order valence-corrected chi connectivity index (χ4v) is 4.62. The molecule has 4 aromatic rings. The van der Waals surface area contributed by atoms with E-state index in [1.165, 1.54) is 18.7 Å². The van der Waals surface area contributed by atoms with Gasteiger partial charge >= 0.3 is 0 Å². The Labute approximate surface area is 214 Å². The molecule has 7 nitrogen and oxygen atoms in total. The van der Waals surface area contributed by atoms with Crippen LogP contribution < -0.4 is 10.1 Å². The Balaban J connectivity index is 1.48. The molecular weight excluding hydrogens is 472 g/mol. The lowest BCUT2D eigenvalue weighted by molar-refractivity contribution is -0.118. The number of nitrogens with one attached hydrogen (secondary N) is 1. The highest BCUT2D eigenvalue weighted by Crippen LogP contribution is 2.26. The monoisotopic (exact) mass is 500 g/mol. The SMILES string of the molecule is COc1ccc(-n2c(CCCNC(C)=O)nnc2SCC(=O)c2ccc(-c3ccccc3)cc2)cc1. The van der Waals surface area contributed by atoms with Crippen molar-refractivity contribution >= 4 is 23.5 Å². The number of thioether (sulfide) groups is 1. The van der Waals surface area contributed by atoms with Crippen molar-refractivity contribution in [1.82, 2.24) is 20.1 Å². The average molecular weight is 501 g/mol. The lowest BCUT2D eigenvalue weighted by Crippen LogP contribution is -2.21. The first kappa shape index (κ1) is 25.2. The van der Waals surface area contributed by atoms with Crippen LogP contribution in [0.5, 0.6) is 5.75 Å². The van der Waals surface area contributed by atoms with E-state index >= 15 is 0 Å². The van der Waals surface area contributed by atoms with Crippen molar-refractivity contribution < 1.29 is 14.3 Å². The Morgan fingerprint density at radius 1 is 0.917 bits per heavy atom. The van der Waals surface area contributed by atoms with Crippen LogP contribution in [0.1, 0.15) is 29.5 Å². The summed E-state index contributed by atoms with van der Waals surface area (Å²) < 4.78 is 7.24. The van der Waals surface area contributed by atoms with E-state index in [2.05, 4.69) is 15.5 Å². The third kappa shape index (κ3) is 6.40. The van der Waals surface area contributed by atoms with Crippen molar-refractivity contribution in [3.8, 4) is 22.6 Å². The van der Waals surface area contributed by atoms with Gasteiger partial charge in [-0.05, 0) is 41.8 Å². The quantitative estimate of drug-likeness (QED) is 0.177. The summed E-state index contributed by atoms with van der Waals surface area (Å²) in [6.07, 6.45) is 1.36. The molecule has 4 rings (SSSR count). The zero-order valence-corrected chi connectivity index (χ0v) is 21.1. The average Bonchev–Trinajstić information content (AvgIpc) is 3.33. The minimum absolute atomic E-state index is 0.0242. The summed E-state index contributed by atoms with van der Waals surface area (Å²) >= 11 is 1.36. The summed E-state index contributed by atoms with van der Waals surface area (Å²) in [6, 6.07) is 25.4. The number of ether oxygens (including phenoxy) is 1. The summed E-state index contributed by atoms with van der Waals surface area (Å²) in [5, 5.41) is 12.2. The number of hydrogen-bond donors (Lipinski definition) is 1. The minimum atomic E-state index is -0.0572. The number of Topliss-reactive ketones (excluding diaryl/α,β-unsaturated/α-hetero) is 1. The van der Waals surface area contributed by atoms with Crippen molar-refractivity contribution in [2.24, 2.45) is 0 Å². The molecule has 184 valence electrons. The van der Waals surface area contributed by atoms with E-state index in [1.807, 2.05) is 83.4 Å². The zero-order valence-electron chi connectivity index (χ0n) is 20.3. The molecule has 0 unspecified atom stereocenters. The van der Waals surface area contributed by atoms with E-state index < -0.39 is 0 Å². The van der Waals surface area contributed by atoms with Gasteiger partial charge in [0.2, 0.25) is 5.91 Å². The van der Waals surface area contributed by atoms with Gasteiger partial charge in [0.05, 0.1) is 12.9 Å². The number of benzene rings is 3. The number of methoxy groups -OCH3 is 1. The largest absolute Gasteiger partial charge is 0.497 e. The number of carbonyl (C=O) groups is 2. The maximum Gasteiger partial charge on any atom is 0.216 e. The van der Waals surface area contributed by atoms with Crippen molar-refractivity contribution in [1.29, 1.82) is 0 Å². The van der Waals surface area contributed by atoms with E-state index in [9.17, 15) is 9.59 Å². The molecule has 1 amide bonds. The van der Waals surface area contributed by atoms with Gasteiger partial charge < -0.3 is 10.1 Å². The highest BCUT2D eigenvalue weighted by molar-refractivity contribution is 7.99. The number of nitrogens with zero attached hydrogens (tertiary/aromatic N) is 3. The molecule has 1 heterocycles. The van der Waals surface area contributed by atoms with Crippen LogP contribution in [0.4, 0.5) is 0 Å². The topological polar surface area (TPSA) is 86.1 Å². The van der Waals surface area contributed by atoms with Crippen molar-refractivity contribution in [3.63, 3.8) is 0 Å². The van der Waals surface area contributed by atoms with Gasteiger partial charge in [0.1, 0.15) is 11.6 Å². The van der Waals surface area contributed by atoms with Gasteiger partial charge in [0.25, 0.3) is 0 Å². The second kappa shape index (κ2) is 12.2. The second-order valence-electron chi connectivity index (χ2n) is 8.17. The van der Waals surface area contributed by atoms with E-state index in [1.54, 1.807) is 7.11 Å². The molecule has 0 fully saturated rings. The summed E-state index contributed by atoms with van der Waals surface area (Å²) in [5.41, 5.74) is 3.73. The summed E-state index contributed by atoms with van der Waals surface area (Å²) in [4.78, 5) is 24.1. The molecule has 0 aliphatic rings. The van der Waals surface area contributed by atoms with Crippen LogP contribution in [0.2, 0.25) is 0 Å². The van der Waals surface area contributed by atoms with Crippen LogP contribution in [0.25, 0.3) is 16.8 Å². The maximum absolute atomic E-state index is 12.9. The smallest absolute Gasteiger partial charge is 0.216 e. The molecule has 0 spiro atoms. The van der Waals surface area contributed by atoms with E-state index in [0.717, 1.165) is 34.8 Å². The molecule has 1 N–H and O–H groups in total. The summed E-state index contributed by atoms with van der Waals surface area (Å²) in [5.74, 6) is 1.73. The van der Waals surface area contributed by atoms with Crippen LogP contribution in [-0.4, -0.2) is 45.9 Å². The number of hydrogen-bond acceptors (Lipinski definition) is 6. The van der Waals surface area contributed by atoms with Crippen LogP contribution in [0, 0.1) is 0 Å². The third-order valence-corrected chi connectivity index (χ3v) is 6.56. The molecule has 8 heteroatoms. The number of aryl methyl sites for hydroxylation is 1. The standard InChI is InChI=1S/C28H28N4O3S/c1-20(33)29-18-6-9-27-30-31-28(32(27)24-14-16-25(35-2)17-15-24)36-19-26(34)23-12-10-22(11-13-23)21-7-4-3-5-8-21/h3-5,7-8,10-17H,6,9,18-19H2,1-2H3,(H,29,33). The highest BCUT2D eigenvalue weighted by Gasteiger charge is 2.17. The molecule has 3 aromatic carbocycles. The Hall–Kier alpha value is -3.91. The molecule has 0 bridgehead atoms. The van der Waals surface area contributed by atoms with Crippen LogP contribution >= 0.6 is 11.8 Å². The summed E-state index contributed by atoms with van der Waals surface area (Å²) in [7, 11) is 1.63. The van der Waals surface area contributed by atoms with Crippen LogP contribution in [0.3, 0.4) is 0 Å². The molecule has 0 aliphatic carbocycles. The van der Waals surface area contributed by atoms with Crippen molar-refractivity contribution in [2.45, 2.75) is 24.9 Å². The first-order valence-corrected chi connectivity index (χ1v) is 12.7. The van der Waals surface area contributed by atoms with E-state index in [-0.39, 0.29) is 17.4 Å². The fourth-order valence-electron chi connectivity index (χ4n) is 3.75. The molecule has 36 heavy (non-hydrogen) atoms. The molecule has 0 aliphatic heterocycles. The Bertz CT molecular complexity index is 1300. The fraction of sp³-hybridized carbons (Fsp3) is 0.214. The number of ketones is 1. The van der Waals surface area contributed by atoms with Gasteiger partial charge in [0, 0.05) is 31.1 Å². The van der Waals surface area contributed by atoms with Crippen LogP contribution in [0.15, 0.2) is 84.0 Å². The van der Waals surface area contributed by atoms with Gasteiger partial charge in [0.15, 0.2) is 10.9 Å². The normalized spacial score (nSPS) is 10.7. The zero-order chi connectivity index (χ0) is 25.3. The third-order valence-electron chi connectivity index (χ3n) is 5.63. The predicted octanol–water partition coefficient (Wildman–Crippen LogP) is 4.99. The number of aromatic nitrogens is 3. The van der Waals surface area contributed by atoms with Crippen LogP contribution in [-0.2, 0) is 11.2 Å². The first-order valence-electron chi connectivity index (χ1n) is 11.7. The number of carbonyl (C=O) groups excluding carboxylic acids is 2. The first-order chi connectivity index (χ1) is 17.5. The lowest BCUT2D eigenvalue weighted by Gasteiger charge is -2.11. The Morgan fingerprint density at radius 3 is 2.28 bits per heavy atom. The number of rotatable bonds is 11. The van der Waals surface area contributed by atoms with Gasteiger partial charge in [-0.2, -0.15) is 0 Å². The minimum Gasteiger partial charge on any atom is -0.497 e. The van der Waals surface area contributed by atoms with Gasteiger partial charge in [-0.25, -0.2) is 0 Å². The lowest BCUT2D eigenvalue weighted by atomic mass is 10.0. The number of amides is 1. The Kier molecular flexibility index (Phi) is 8.52. The van der Waals surface area contributed by atoms with Crippen molar-refractivity contribution in [3.05, 3.63) is 90.3 Å². The van der Waals surface area contributed by atoms with Gasteiger partial charge in [-0.15, -0.1) is 10.2 Å². The Morgan fingerprint density at radius 2 is 1.61 bits per heavy atom. The van der Waals surface area contributed by atoms with E-state index in [0.29, 0.717) is 23.7 Å². The molecule has 0 saturated heterocycles. The highest BCUT2D eigenvalue weighted by atomic mass is 32.2. The maximum atomic E-state index is 12.9. The second-order valence-corrected chi connectivity index (χ2v) is 9.12.